The molecule has 108 valence electrons. The zero-order chi connectivity index (χ0) is 14.3. The summed E-state index contributed by atoms with van der Waals surface area (Å²) in [6.07, 6.45) is 1.77. The molecule has 1 aromatic carbocycles. The van der Waals surface area contributed by atoms with E-state index in [0.717, 1.165) is 12.8 Å². The quantitative estimate of drug-likeness (QED) is 0.785. The highest BCUT2D eigenvalue weighted by Crippen LogP contribution is 2.19. The molecule has 0 aliphatic rings. The highest BCUT2D eigenvalue weighted by Gasteiger charge is 2.23. The van der Waals surface area contributed by atoms with E-state index >= 15 is 0 Å². The standard InChI is InChI=1S/C13H22N2O3S/c1-3-4-10-15(11-9-14)19(16,17)13-7-5-12(18-2)6-8-13/h5-8H,3-4,9-11,14H2,1-2H3. The van der Waals surface area contributed by atoms with Gasteiger partial charge in [0.15, 0.2) is 0 Å². The molecule has 0 atom stereocenters. The van der Waals surface area contributed by atoms with Crippen LogP contribution in [-0.4, -0.2) is 39.5 Å². The van der Waals surface area contributed by atoms with Gasteiger partial charge in [-0.15, -0.1) is 0 Å². The first-order valence-electron chi connectivity index (χ1n) is 6.40. The number of ether oxygens (including phenoxy) is 1. The highest BCUT2D eigenvalue weighted by molar-refractivity contribution is 7.89. The molecule has 0 saturated carbocycles. The Kier molecular flexibility index (Phi) is 6.27. The van der Waals surface area contributed by atoms with E-state index in [1.54, 1.807) is 31.4 Å². The van der Waals surface area contributed by atoms with E-state index in [4.69, 9.17) is 10.5 Å². The van der Waals surface area contributed by atoms with Gasteiger partial charge in [0, 0.05) is 19.6 Å². The Morgan fingerprint density at radius 2 is 1.84 bits per heavy atom. The topological polar surface area (TPSA) is 72.6 Å². The summed E-state index contributed by atoms with van der Waals surface area (Å²) in [6.45, 7) is 3.19. The summed E-state index contributed by atoms with van der Waals surface area (Å²) in [5, 5.41) is 0. The molecule has 0 aromatic heterocycles. The van der Waals surface area contributed by atoms with E-state index in [0.29, 0.717) is 25.4 Å². The number of hydrogen-bond acceptors (Lipinski definition) is 4. The van der Waals surface area contributed by atoms with Gasteiger partial charge in [-0.05, 0) is 30.7 Å². The Labute approximate surface area is 115 Å². The molecule has 0 saturated heterocycles. The van der Waals surface area contributed by atoms with Crippen LogP contribution < -0.4 is 10.5 Å². The van der Waals surface area contributed by atoms with Crippen LogP contribution in [-0.2, 0) is 10.0 Å². The number of methoxy groups -OCH3 is 1. The van der Waals surface area contributed by atoms with Crippen molar-refractivity contribution in [3.63, 3.8) is 0 Å². The van der Waals surface area contributed by atoms with Crippen molar-refractivity contribution < 1.29 is 13.2 Å². The number of nitrogens with zero attached hydrogens (tertiary/aromatic N) is 1. The van der Waals surface area contributed by atoms with Gasteiger partial charge in [-0.25, -0.2) is 8.42 Å². The van der Waals surface area contributed by atoms with Crippen LogP contribution in [0, 0.1) is 0 Å². The Morgan fingerprint density at radius 1 is 1.21 bits per heavy atom. The van der Waals surface area contributed by atoms with Gasteiger partial charge in [-0.3, -0.25) is 0 Å². The molecule has 19 heavy (non-hydrogen) atoms. The molecule has 1 aromatic rings. The van der Waals surface area contributed by atoms with Crippen LogP contribution in [0.15, 0.2) is 29.2 Å². The molecule has 0 aliphatic carbocycles. The van der Waals surface area contributed by atoms with Gasteiger partial charge in [0.05, 0.1) is 12.0 Å². The Morgan fingerprint density at radius 3 is 2.32 bits per heavy atom. The molecule has 2 N–H and O–H groups in total. The second-order valence-electron chi connectivity index (χ2n) is 4.22. The van der Waals surface area contributed by atoms with Gasteiger partial charge in [0.2, 0.25) is 10.0 Å². The molecule has 6 heteroatoms. The highest BCUT2D eigenvalue weighted by atomic mass is 32.2. The maximum atomic E-state index is 12.5. The van der Waals surface area contributed by atoms with Crippen LogP contribution in [0.1, 0.15) is 19.8 Å². The normalized spacial score (nSPS) is 11.8. The number of benzene rings is 1. The average molecular weight is 286 g/mol. The van der Waals surface area contributed by atoms with Gasteiger partial charge < -0.3 is 10.5 Å². The van der Waals surface area contributed by atoms with Gasteiger partial charge in [0.25, 0.3) is 0 Å². The van der Waals surface area contributed by atoms with Gasteiger partial charge in [0.1, 0.15) is 5.75 Å². The molecule has 0 spiro atoms. The van der Waals surface area contributed by atoms with E-state index in [1.807, 2.05) is 6.92 Å². The summed E-state index contributed by atoms with van der Waals surface area (Å²) < 4.78 is 31.4. The van der Waals surface area contributed by atoms with Gasteiger partial charge >= 0.3 is 0 Å². The fraction of sp³-hybridized carbons (Fsp3) is 0.538. The molecule has 1 rings (SSSR count). The summed E-state index contributed by atoms with van der Waals surface area (Å²) in [4.78, 5) is 0.276. The Bertz CT molecular complexity index is 471. The second-order valence-corrected chi connectivity index (χ2v) is 6.16. The first kappa shape index (κ1) is 15.9. The van der Waals surface area contributed by atoms with Crippen molar-refractivity contribution in [3.8, 4) is 5.75 Å². The third kappa shape index (κ3) is 4.19. The zero-order valence-corrected chi connectivity index (χ0v) is 12.3. The van der Waals surface area contributed by atoms with E-state index < -0.39 is 10.0 Å². The third-order valence-corrected chi connectivity index (χ3v) is 4.75. The zero-order valence-electron chi connectivity index (χ0n) is 11.5. The maximum Gasteiger partial charge on any atom is 0.243 e. The fourth-order valence-electron chi connectivity index (χ4n) is 1.73. The third-order valence-electron chi connectivity index (χ3n) is 2.84. The van der Waals surface area contributed by atoms with E-state index in [9.17, 15) is 8.42 Å². The summed E-state index contributed by atoms with van der Waals surface area (Å²) in [5.41, 5.74) is 5.50. The smallest absolute Gasteiger partial charge is 0.243 e. The fourth-order valence-corrected chi connectivity index (χ4v) is 3.22. The molecule has 0 heterocycles. The molecular weight excluding hydrogens is 264 g/mol. The van der Waals surface area contributed by atoms with Crippen molar-refractivity contribution in [2.24, 2.45) is 5.73 Å². The van der Waals surface area contributed by atoms with Crippen molar-refractivity contribution in [1.29, 1.82) is 0 Å². The first-order valence-corrected chi connectivity index (χ1v) is 7.84. The summed E-state index contributed by atoms with van der Waals surface area (Å²) in [5.74, 6) is 0.637. The Hall–Kier alpha value is -1.11. The first-order chi connectivity index (χ1) is 9.06. The predicted octanol–water partition coefficient (Wildman–Crippen LogP) is 1.44. The lowest BCUT2D eigenvalue weighted by atomic mass is 10.3. The Balaban J connectivity index is 2.96. The lowest BCUT2D eigenvalue weighted by molar-refractivity contribution is 0.408. The summed E-state index contributed by atoms with van der Waals surface area (Å²) in [7, 11) is -1.92. The predicted molar refractivity (Wildman–Crippen MR) is 75.7 cm³/mol. The molecule has 0 radical (unpaired) electrons. The number of rotatable bonds is 8. The molecule has 0 amide bonds. The molecule has 0 unspecified atom stereocenters. The van der Waals surface area contributed by atoms with Crippen LogP contribution in [0.2, 0.25) is 0 Å². The largest absolute Gasteiger partial charge is 0.497 e. The lowest BCUT2D eigenvalue weighted by Gasteiger charge is -2.21. The monoisotopic (exact) mass is 286 g/mol. The lowest BCUT2D eigenvalue weighted by Crippen LogP contribution is -2.36. The number of nitrogens with two attached hydrogens (primary N) is 1. The van der Waals surface area contributed by atoms with E-state index in [2.05, 4.69) is 0 Å². The molecule has 0 aliphatic heterocycles. The maximum absolute atomic E-state index is 12.5. The van der Waals surface area contributed by atoms with Crippen LogP contribution >= 0.6 is 0 Å². The SMILES string of the molecule is CCCCN(CCN)S(=O)(=O)c1ccc(OC)cc1. The van der Waals surface area contributed by atoms with Gasteiger partial charge in [-0.2, -0.15) is 4.31 Å². The van der Waals surface area contributed by atoms with Crippen LogP contribution in [0.3, 0.4) is 0 Å². The van der Waals surface area contributed by atoms with Crippen molar-refractivity contribution in [3.05, 3.63) is 24.3 Å². The molecule has 0 fully saturated rings. The number of unbranched alkanes of at least 4 members (excludes halogenated alkanes) is 1. The van der Waals surface area contributed by atoms with Crippen molar-refractivity contribution in [1.82, 2.24) is 4.31 Å². The minimum absolute atomic E-state index is 0.276. The minimum Gasteiger partial charge on any atom is -0.497 e. The second kappa shape index (κ2) is 7.47. The summed E-state index contributed by atoms with van der Waals surface area (Å²) in [6, 6.07) is 6.41. The number of hydrogen-bond donors (Lipinski definition) is 1. The van der Waals surface area contributed by atoms with E-state index in [1.165, 1.54) is 4.31 Å². The average Bonchev–Trinajstić information content (AvgIpc) is 2.43. The molecule has 5 nitrogen and oxygen atoms in total. The molecule has 0 bridgehead atoms. The number of sulfonamides is 1. The van der Waals surface area contributed by atoms with Crippen LogP contribution in [0.4, 0.5) is 0 Å². The van der Waals surface area contributed by atoms with Gasteiger partial charge in [-0.1, -0.05) is 13.3 Å². The van der Waals surface area contributed by atoms with Crippen molar-refractivity contribution in [2.75, 3.05) is 26.7 Å². The van der Waals surface area contributed by atoms with E-state index in [-0.39, 0.29) is 4.90 Å². The van der Waals surface area contributed by atoms with Crippen molar-refractivity contribution >= 4 is 10.0 Å². The summed E-state index contributed by atoms with van der Waals surface area (Å²) >= 11 is 0. The minimum atomic E-state index is -3.46. The molecular formula is C13H22N2O3S. The van der Waals surface area contributed by atoms with Crippen molar-refractivity contribution in [2.45, 2.75) is 24.7 Å². The van der Waals surface area contributed by atoms with Crippen LogP contribution in [0.5, 0.6) is 5.75 Å². The van der Waals surface area contributed by atoms with Crippen LogP contribution in [0.25, 0.3) is 0 Å².